The van der Waals surface area contributed by atoms with Crippen LogP contribution in [0.15, 0.2) is 34.9 Å². The van der Waals surface area contributed by atoms with E-state index in [1.807, 2.05) is 26.0 Å². The van der Waals surface area contributed by atoms with E-state index in [2.05, 4.69) is 10.5 Å². The zero-order valence-electron chi connectivity index (χ0n) is 10.8. The normalized spacial score (nSPS) is 10.7. The highest BCUT2D eigenvalue weighted by Gasteiger charge is 2.13. The number of carbonyl (C=O) groups is 1. The summed E-state index contributed by atoms with van der Waals surface area (Å²) in [4.78, 5) is 11.9. The summed E-state index contributed by atoms with van der Waals surface area (Å²) in [6.07, 6.45) is 0. The number of halogens is 1. The van der Waals surface area contributed by atoms with Crippen molar-refractivity contribution in [3.8, 4) is 0 Å². The van der Waals surface area contributed by atoms with Crippen LogP contribution in [-0.4, -0.2) is 11.1 Å². The molecule has 1 amide bonds. The number of carbonyl (C=O) groups excluding carboxylic acids is 1. The Morgan fingerprint density at radius 1 is 1.37 bits per heavy atom. The Bertz CT molecular complexity index is 561. The van der Waals surface area contributed by atoms with Gasteiger partial charge in [0.25, 0.3) is 5.91 Å². The summed E-state index contributed by atoms with van der Waals surface area (Å²) in [7, 11) is 0. The lowest BCUT2D eigenvalue weighted by Gasteiger charge is -2.02. The van der Waals surface area contributed by atoms with E-state index < -0.39 is 0 Å². The second-order valence-electron chi connectivity index (χ2n) is 4.58. The molecule has 0 fully saturated rings. The van der Waals surface area contributed by atoms with E-state index in [1.54, 1.807) is 18.2 Å². The van der Waals surface area contributed by atoms with Crippen LogP contribution < -0.4 is 5.32 Å². The SMILES string of the molecule is CC(C)c1cc(C(=O)NCc2ccc(Cl)cc2)no1. The van der Waals surface area contributed by atoms with Crippen molar-refractivity contribution in [2.24, 2.45) is 0 Å². The maximum Gasteiger partial charge on any atom is 0.273 e. The van der Waals surface area contributed by atoms with E-state index in [9.17, 15) is 4.79 Å². The summed E-state index contributed by atoms with van der Waals surface area (Å²) in [5, 5.41) is 7.21. The molecule has 0 saturated carbocycles. The molecule has 0 atom stereocenters. The van der Waals surface area contributed by atoms with Gasteiger partial charge in [0.15, 0.2) is 5.69 Å². The number of nitrogens with zero attached hydrogens (tertiary/aromatic N) is 1. The van der Waals surface area contributed by atoms with Crippen LogP contribution in [-0.2, 0) is 6.54 Å². The third kappa shape index (κ3) is 3.58. The average molecular weight is 279 g/mol. The molecule has 0 aliphatic rings. The number of amides is 1. The van der Waals surface area contributed by atoms with Crippen molar-refractivity contribution >= 4 is 17.5 Å². The van der Waals surface area contributed by atoms with Gasteiger partial charge in [0.05, 0.1) is 0 Å². The monoisotopic (exact) mass is 278 g/mol. The third-order valence-electron chi connectivity index (χ3n) is 2.70. The first-order valence-electron chi connectivity index (χ1n) is 6.05. The van der Waals surface area contributed by atoms with Crippen LogP contribution in [0.2, 0.25) is 5.02 Å². The Labute approximate surface area is 116 Å². The van der Waals surface area contributed by atoms with Gasteiger partial charge < -0.3 is 9.84 Å². The summed E-state index contributed by atoms with van der Waals surface area (Å²) in [6.45, 7) is 4.39. The minimum Gasteiger partial charge on any atom is -0.360 e. The minimum absolute atomic E-state index is 0.213. The van der Waals surface area contributed by atoms with E-state index in [-0.39, 0.29) is 11.8 Å². The standard InChI is InChI=1S/C14H15ClN2O2/c1-9(2)13-7-12(17-19-13)14(18)16-8-10-3-5-11(15)6-4-10/h3-7,9H,8H2,1-2H3,(H,16,18). The number of rotatable bonds is 4. The molecule has 19 heavy (non-hydrogen) atoms. The fourth-order valence-electron chi connectivity index (χ4n) is 1.54. The van der Waals surface area contributed by atoms with Crippen LogP contribution in [0, 0.1) is 0 Å². The largest absolute Gasteiger partial charge is 0.360 e. The molecular formula is C14H15ClN2O2. The average Bonchev–Trinajstić information content (AvgIpc) is 2.87. The van der Waals surface area contributed by atoms with Gasteiger partial charge in [0.2, 0.25) is 0 Å². The molecule has 0 radical (unpaired) electrons. The van der Waals surface area contributed by atoms with Crippen LogP contribution in [0.3, 0.4) is 0 Å². The number of nitrogens with one attached hydrogen (secondary N) is 1. The van der Waals surface area contributed by atoms with Crippen LogP contribution in [0.25, 0.3) is 0 Å². The van der Waals surface area contributed by atoms with Gasteiger partial charge in [-0.2, -0.15) is 0 Å². The van der Waals surface area contributed by atoms with E-state index in [0.717, 1.165) is 5.56 Å². The van der Waals surface area contributed by atoms with Crippen molar-refractivity contribution in [2.75, 3.05) is 0 Å². The summed E-state index contributed by atoms with van der Waals surface area (Å²) in [6, 6.07) is 8.98. The fourth-order valence-corrected chi connectivity index (χ4v) is 1.67. The third-order valence-corrected chi connectivity index (χ3v) is 2.95. The Kier molecular flexibility index (Phi) is 4.22. The first-order valence-corrected chi connectivity index (χ1v) is 6.43. The molecule has 4 nitrogen and oxygen atoms in total. The molecule has 2 rings (SSSR count). The molecule has 0 unspecified atom stereocenters. The number of hydrogen-bond acceptors (Lipinski definition) is 3. The van der Waals surface area contributed by atoms with Crippen molar-refractivity contribution in [2.45, 2.75) is 26.3 Å². The number of aromatic nitrogens is 1. The van der Waals surface area contributed by atoms with Crippen molar-refractivity contribution < 1.29 is 9.32 Å². The highest BCUT2D eigenvalue weighted by atomic mass is 35.5. The lowest BCUT2D eigenvalue weighted by molar-refractivity contribution is 0.0941. The topological polar surface area (TPSA) is 55.1 Å². The fraction of sp³-hybridized carbons (Fsp3) is 0.286. The second-order valence-corrected chi connectivity index (χ2v) is 5.01. The molecule has 100 valence electrons. The molecule has 1 N–H and O–H groups in total. The lowest BCUT2D eigenvalue weighted by Crippen LogP contribution is -2.22. The van der Waals surface area contributed by atoms with Crippen molar-refractivity contribution in [3.05, 3.63) is 52.4 Å². The van der Waals surface area contributed by atoms with Gasteiger partial charge in [-0.3, -0.25) is 4.79 Å². The van der Waals surface area contributed by atoms with Crippen LogP contribution in [0.1, 0.15) is 41.6 Å². The second kappa shape index (κ2) is 5.89. The molecule has 0 bridgehead atoms. The predicted molar refractivity (Wildman–Crippen MR) is 73.2 cm³/mol. The van der Waals surface area contributed by atoms with Crippen LogP contribution >= 0.6 is 11.6 Å². The van der Waals surface area contributed by atoms with Crippen molar-refractivity contribution in [1.29, 1.82) is 0 Å². The highest BCUT2D eigenvalue weighted by molar-refractivity contribution is 6.30. The molecule has 1 heterocycles. The van der Waals surface area contributed by atoms with Gasteiger partial charge in [0, 0.05) is 23.6 Å². The van der Waals surface area contributed by atoms with Gasteiger partial charge in [0.1, 0.15) is 5.76 Å². The van der Waals surface area contributed by atoms with E-state index in [4.69, 9.17) is 16.1 Å². The molecule has 0 aliphatic heterocycles. The highest BCUT2D eigenvalue weighted by Crippen LogP contribution is 2.15. The molecule has 1 aromatic heterocycles. The predicted octanol–water partition coefficient (Wildman–Crippen LogP) is 3.38. The van der Waals surface area contributed by atoms with E-state index in [1.165, 1.54) is 0 Å². The molecule has 2 aromatic rings. The van der Waals surface area contributed by atoms with Gasteiger partial charge in [-0.25, -0.2) is 0 Å². The Morgan fingerprint density at radius 3 is 2.63 bits per heavy atom. The van der Waals surface area contributed by atoms with Crippen LogP contribution in [0.4, 0.5) is 0 Å². The summed E-state index contributed by atoms with van der Waals surface area (Å²) < 4.78 is 5.09. The summed E-state index contributed by atoms with van der Waals surface area (Å²) >= 11 is 5.79. The molecule has 1 aromatic carbocycles. The Hall–Kier alpha value is -1.81. The quantitative estimate of drug-likeness (QED) is 0.933. The van der Waals surface area contributed by atoms with Gasteiger partial charge in [-0.05, 0) is 17.7 Å². The Morgan fingerprint density at radius 2 is 2.05 bits per heavy atom. The molecule has 0 aliphatic carbocycles. The number of hydrogen-bond donors (Lipinski definition) is 1. The zero-order chi connectivity index (χ0) is 13.8. The summed E-state index contributed by atoms with van der Waals surface area (Å²) in [5.74, 6) is 0.674. The van der Waals surface area contributed by atoms with E-state index >= 15 is 0 Å². The first kappa shape index (κ1) is 13.6. The van der Waals surface area contributed by atoms with Gasteiger partial charge in [-0.15, -0.1) is 0 Å². The maximum absolute atomic E-state index is 11.9. The molecule has 0 saturated heterocycles. The van der Waals surface area contributed by atoms with Gasteiger partial charge in [-0.1, -0.05) is 42.7 Å². The minimum atomic E-state index is -0.245. The maximum atomic E-state index is 11.9. The first-order chi connectivity index (χ1) is 9.06. The van der Waals surface area contributed by atoms with E-state index in [0.29, 0.717) is 23.0 Å². The molecule has 5 heteroatoms. The molecular weight excluding hydrogens is 264 g/mol. The Balaban J connectivity index is 1.95. The summed E-state index contributed by atoms with van der Waals surface area (Å²) in [5.41, 5.74) is 1.28. The molecule has 0 spiro atoms. The van der Waals surface area contributed by atoms with Gasteiger partial charge >= 0.3 is 0 Å². The smallest absolute Gasteiger partial charge is 0.273 e. The van der Waals surface area contributed by atoms with Crippen LogP contribution in [0.5, 0.6) is 0 Å². The number of benzene rings is 1. The van der Waals surface area contributed by atoms with Crippen molar-refractivity contribution in [1.82, 2.24) is 10.5 Å². The van der Waals surface area contributed by atoms with Crippen molar-refractivity contribution in [3.63, 3.8) is 0 Å². The zero-order valence-corrected chi connectivity index (χ0v) is 11.6. The lowest BCUT2D eigenvalue weighted by atomic mass is 10.1.